The van der Waals surface area contributed by atoms with E-state index in [1.807, 2.05) is 12.1 Å². The molecule has 1 heterocycles. The first kappa shape index (κ1) is 30.4. The van der Waals surface area contributed by atoms with E-state index < -0.39 is 0 Å². The number of aliphatic imine (C=N–C) groups is 1. The fraction of sp³-hybridized carbons (Fsp3) is 0.600. The Morgan fingerprint density at radius 2 is 1.78 bits per heavy atom. The molecule has 0 saturated heterocycles. The van der Waals surface area contributed by atoms with Crippen LogP contribution in [-0.4, -0.2) is 53.6 Å². The van der Waals surface area contributed by atoms with Crippen LogP contribution < -0.4 is 16.4 Å². The van der Waals surface area contributed by atoms with Crippen molar-refractivity contribution >= 4 is 64.9 Å². The van der Waals surface area contributed by atoms with Gasteiger partial charge in [-0.2, -0.15) is 0 Å². The van der Waals surface area contributed by atoms with E-state index in [2.05, 4.69) is 20.6 Å². The molecule has 4 N–H and O–H groups in total. The number of rotatable bonds is 7. The molecule has 11 heteroatoms. The molecule has 0 bridgehead atoms. The Hall–Kier alpha value is -1.87. The Bertz CT molecular complexity index is 1030. The number of amidine groups is 1. The lowest BCUT2D eigenvalue weighted by Crippen LogP contribution is -2.38. The van der Waals surface area contributed by atoms with Gasteiger partial charge < -0.3 is 21.1 Å². The second kappa shape index (κ2) is 14.8. The Labute approximate surface area is 230 Å². The van der Waals surface area contributed by atoms with Gasteiger partial charge in [-0.3, -0.25) is 9.79 Å². The van der Waals surface area contributed by atoms with Gasteiger partial charge in [-0.15, -0.1) is 24.8 Å². The van der Waals surface area contributed by atoms with Gasteiger partial charge in [-0.05, 0) is 43.9 Å². The van der Waals surface area contributed by atoms with Crippen molar-refractivity contribution in [3.8, 4) is 0 Å². The van der Waals surface area contributed by atoms with E-state index in [0.29, 0.717) is 28.8 Å². The zero-order valence-electron chi connectivity index (χ0n) is 20.7. The number of amides is 1. The zero-order chi connectivity index (χ0) is 23.9. The normalized spacial score (nSPS) is 21.1. The van der Waals surface area contributed by atoms with Crippen LogP contribution in [0.15, 0.2) is 23.2 Å². The van der Waals surface area contributed by atoms with Crippen LogP contribution in [0.5, 0.6) is 0 Å². The van der Waals surface area contributed by atoms with Crippen LogP contribution >= 0.6 is 36.4 Å². The SMILES string of the molecule is COCC(N)=N[C@@H]1CCCC[C@@H]1Nc1nc(C(=O)NC2CCCCCC2)nc2ccc(Cl)cc12.Cl.Cl. The van der Waals surface area contributed by atoms with Crippen LogP contribution in [0.1, 0.15) is 74.8 Å². The zero-order valence-corrected chi connectivity index (χ0v) is 23.1. The lowest BCUT2D eigenvalue weighted by molar-refractivity contribution is 0.0923. The van der Waals surface area contributed by atoms with E-state index in [9.17, 15) is 4.79 Å². The molecule has 0 unspecified atom stereocenters. The van der Waals surface area contributed by atoms with Crippen molar-refractivity contribution in [2.45, 2.75) is 82.3 Å². The smallest absolute Gasteiger partial charge is 0.289 e. The molecule has 1 amide bonds. The van der Waals surface area contributed by atoms with Crippen LogP contribution in [0, 0.1) is 0 Å². The van der Waals surface area contributed by atoms with E-state index >= 15 is 0 Å². The number of hydrogen-bond donors (Lipinski definition) is 3. The van der Waals surface area contributed by atoms with E-state index in [0.717, 1.165) is 56.8 Å². The number of halogens is 3. The quantitative estimate of drug-likeness (QED) is 0.241. The molecule has 0 radical (unpaired) electrons. The third-order valence-corrected chi connectivity index (χ3v) is 6.96. The van der Waals surface area contributed by atoms with Crippen molar-refractivity contribution in [2.75, 3.05) is 19.0 Å². The van der Waals surface area contributed by atoms with Crippen molar-refractivity contribution < 1.29 is 9.53 Å². The predicted molar refractivity (Wildman–Crippen MR) is 151 cm³/mol. The molecule has 36 heavy (non-hydrogen) atoms. The molecular weight excluding hydrogens is 523 g/mol. The molecule has 2 aliphatic carbocycles. The number of carbonyl (C=O) groups excluding carboxylic acids is 1. The summed E-state index contributed by atoms with van der Waals surface area (Å²) in [7, 11) is 1.61. The fourth-order valence-corrected chi connectivity index (χ4v) is 5.17. The lowest BCUT2D eigenvalue weighted by atomic mass is 9.90. The first-order chi connectivity index (χ1) is 16.5. The summed E-state index contributed by atoms with van der Waals surface area (Å²) in [6.45, 7) is 0.306. The van der Waals surface area contributed by atoms with Crippen LogP contribution in [0.2, 0.25) is 5.02 Å². The molecule has 2 aromatic rings. The maximum Gasteiger partial charge on any atom is 0.289 e. The van der Waals surface area contributed by atoms with Crippen LogP contribution in [0.25, 0.3) is 10.9 Å². The average Bonchev–Trinajstić information content (AvgIpc) is 3.09. The number of carbonyl (C=O) groups is 1. The Balaban J connectivity index is 0.00000228. The molecule has 1 aromatic heterocycles. The van der Waals surface area contributed by atoms with Crippen molar-refractivity contribution in [3.63, 3.8) is 0 Å². The molecule has 0 spiro atoms. The van der Waals surface area contributed by atoms with Crippen molar-refractivity contribution in [2.24, 2.45) is 10.7 Å². The topological polar surface area (TPSA) is 115 Å². The number of hydrogen-bond acceptors (Lipinski definition) is 6. The molecule has 4 rings (SSSR count). The minimum atomic E-state index is -0.227. The highest BCUT2D eigenvalue weighted by Crippen LogP contribution is 2.29. The first-order valence-electron chi connectivity index (χ1n) is 12.4. The number of nitrogens with two attached hydrogens (primary N) is 1. The summed E-state index contributed by atoms with van der Waals surface area (Å²) in [6, 6.07) is 5.69. The van der Waals surface area contributed by atoms with Gasteiger partial charge in [-0.25, -0.2) is 9.97 Å². The highest BCUT2D eigenvalue weighted by atomic mass is 35.5. The van der Waals surface area contributed by atoms with Gasteiger partial charge in [0.2, 0.25) is 5.82 Å². The summed E-state index contributed by atoms with van der Waals surface area (Å²) < 4.78 is 5.13. The number of nitrogens with one attached hydrogen (secondary N) is 2. The molecule has 2 aliphatic rings. The predicted octanol–water partition coefficient (Wildman–Crippen LogP) is 5.31. The van der Waals surface area contributed by atoms with E-state index in [1.54, 1.807) is 13.2 Å². The van der Waals surface area contributed by atoms with Gasteiger partial charge in [0.05, 0.1) is 11.6 Å². The molecule has 200 valence electrons. The van der Waals surface area contributed by atoms with Gasteiger partial charge >= 0.3 is 0 Å². The summed E-state index contributed by atoms with van der Waals surface area (Å²) in [5.41, 5.74) is 6.73. The van der Waals surface area contributed by atoms with Crippen molar-refractivity contribution in [3.05, 3.63) is 29.0 Å². The summed E-state index contributed by atoms with van der Waals surface area (Å²) >= 11 is 6.30. The Morgan fingerprint density at radius 1 is 1.08 bits per heavy atom. The summed E-state index contributed by atoms with van der Waals surface area (Å²) in [6.07, 6.45) is 10.8. The summed E-state index contributed by atoms with van der Waals surface area (Å²) in [5, 5.41) is 8.11. The molecule has 8 nitrogen and oxygen atoms in total. The van der Waals surface area contributed by atoms with Crippen LogP contribution in [-0.2, 0) is 4.74 Å². The number of ether oxygens (including phenoxy) is 1. The van der Waals surface area contributed by atoms with Gasteiger partial charge in [0, 0.05) is 29.6 Å². The second-order valence-corrected chi connectivity index (χ2v) is 9.81. The number of methoxy groups -OCH3 is 1. The van der Waals surface area contributed by atoms with E-state index in [4.69, 9.17) is 27.1 Å². The molecular formula is C25H37Cl3N6O2. The maximum atomic E-state index is 13.1. The molecule has 2 saturated carbocycles. The van der Waals surface area contributed by atoms with Gasteiger partial charge in [0.15, 0.2) is 0 Å². The van der Waals surface area contributed by atoms with Crippen LogP contribution in [0.4, 0.5) is 5.82 Å². The largest absolute Gasteiger partial charge is 0.386 e. The molecule has 2 fully saturated rings. The third kappa shape index (κ3) is 8.07. The van der Waals surface area contributed by atoms with Gasteiger partial charge in [-0.1, -0.05) is 50.1 Å². The van der Waals surface area contributed by atoms with Gasteiger partial charge in [0.1, 0.15) is 18.3 Å². The lowest BCUT2D eigenvalue weighted by Gasteiger charge is -2.30. The standard InChI is InChI=1S/C25H35ClN6O2.2ClH/c1-34-15-22(27)29-20-10-6-7-11-21(20)31-23-18-14-16(26)12-13-19(18)30-24(32-23)25(33)28-17-8-4-2-3-5-9-17;;/h12-14,17,20-21H,2-11,15H2,1H3,(H2,27,29)(H,28,33)(H,30,31,32);2*1H/t20-,21+;;/m1../s1. The fourth-order valence-electron chi connectivity index (χ4n) is 4.99. The van der Waals surface area contributed by atoms with Crippen LogP contribution in [0.3, 0.4) is 0 Å². The number of aromatic nitrogens is 2. The molecule has 0 aliphatic heterocycles. The van der Waals surface area contributed by atoms with Gasteiger partial charge in [0.25, 0.3) is 5.91 Å². The highest BCUT2D eigenvalue weighted by Gasteiger charge is 2.27. The number of benzene rings is 1. The number of nitrogens with zero attached hydrogens (tertiary/aromatic N) is 3. The summed E-state index contributed by atoms with van der Waals surface area (Å²) in [4.78, 5) is 27.1. The minimum Gasteiger partial charge on any atom is -0.386 e. The van der Waals surface area contributed by atoms with Crippen molar-refractivity contribution in [1.29, 1.82) is 0 Å². The molecule has 2 atom stereocenters. The number of anilines is 1. The highest BCUT2D eigenvalue weighted by molar-refractivity contribution is 6.31. The van der Waals surface area contributed by atoms with Crippen molar-refractivity contribution in [1.82, 2.24) is 15.3 Å². The Kier molecular flexibility index (Phi) is 12.4. The van der Waals surface area contributed by atoms with E-state index in [-0.39, 0.29) is 54.7 Å². The Morgan fingerprint density at radius 3 is 2.50 bits per heavy atom. The molecule has 1 aromatic carbocycles. The minimum absolute atomic E-state index is 0. The first-order valence-corrected chi connectivity index (χ1v) is 12.8. The second-order valence-electron chi connectivity index (χ2n) is 9.38. The number of fused-ring (bicyclic) bond motifs is 1. The van der Waals surface area contributed by atoms with E-state index in [1.165, 1.54) is 12.8 Å². The third-order valence-electron chi connectivity index (χ3n) is 6.73. The maximum absolute atomic E-state index is 13.1. The average molecular weight is 560 g/mol. The summed E-state index contributed by atoms with van der Waals surface area (Å²) in [5.74, 6) is 1.04. The monoisotopic (exact) mass is 558 g/mol.